The van der Waals surface area contributed by atoms with Crippen molar-refractivity contribution in [2.24, 2.45) is 5.73 Å². The molecule has 1 heterocycles. The molecule has 1 aromatic heterocycles. The zero-order valence-electron chi connectivity index (χ0n) is 9.77. The van der Waals surface area contributed by atoms with E-state index in [1.807, 2.05) is 23.9 Å². The average molecular weight is 215 g/mol. The first-order valence-corrected chi connectivity index (χ1v) is 5.59. The summed E-state index contributed by atoms with van der Waals surface area (Å²) in [5.41, 5.74) is 10.2. The van der Waals surface area contributed by atoms with Crippen molar-refractivity contribution in [1.82, 2.24) is 9.78 Å². The van der Waals surface area contributed by atoms with E-state index in [-0.39, 0.29) is 0 Å². The van der Waals surface area contributed by atoms with E-state index in [9.17, 15) is 0 Å². The van der Waals surface area contributed by atoms with E-state index in [1.165, 1.54) is 5.56 Å². The SMILES string of the molecule is CCc1ccccc1-n1cc(CN)c(C)n1. The van der Waals surface area contributed by atoms with Gasteiger partial charge in [-0.05, 0) is 25.0 Å². The number of rotatable bonds is 3. The highest BCUT2D eigenvalue weighted by Gasteiger charge is 2.07. The first-order chi connectivity index (χ1) is 7.76. The molecule has 2 aromatic rings. The van der Waals surface area contributed by atoms with E-state index in [1.54, 1.807) is 0 Å². The minimum Gasteiger partial charge on any atom is -0.326 e. The van der Waals surface area contributed by atoms with Gasteiger partial charge in [0.05, 0.1) is 11.4 Å². The second-order valence-corrected chi connectivity index (χ2v) is 3.87. The van der Waals surface area contributed by atoms with Crippen molar-refractivity contribution in [3.8, 4) is 5.69 Å². The van der Waals surface area contributed by atoms with Crippen molar-refractivity contribution in [3.05, 3.63) is 47.3 Å². The molecule has 16 heavy (non-hydrogen) atoms. The first kappa shape index (κ1) is 10.9. The predicted octanol–water partition coefficient (Wildman–Crippen LogP) is 2.20. The Labute approximate surface area is 95.9 Å². The summed E-state index contributed by atoms with van der Waals surface area (Å²) in [5.74, 6) is 0. The summed E-state index contributed by atoms with van der Waals surface area (Å²) in [4.78, 5) is 0. The molecule has 3 nitrogen and oxygen atoms in total. The second kappa shape index (κ2) is 4.49. The third kappa shape index (κ3) is 1.86. The van der Waals surface area contributed by atoms with Crippen molar-refractivity contribution in [2.45, 2.75) is 26.8 Å². The highest BCUT2D eigenvalue weighted by molar-refractivity contribution is 5.41. The molecule has 84 valence electrons. The van der Waals surface area contributed by atoms with Gasteiger partial charge >= 0.3 is 0 Å². The molecule has 2 N–H and O–H groups in total. The molecule has 1 aromatic carbocycles. The largest absolute Gasteiger partial charge is 0.326 e. The monoisotopic (exact) mass is 215 g/mol. The molecule has 0 amide bonds. The fraction of sp³-hybridized carbons (Fsp3) is 0.308. The molecular weight excluding hydrogens is 198 g/mol. The molecule has 0 saturated heterocycles. The van der Waals surface area contributed by atoms with Crippen LogP contribution < -0.4 is 5.73 Å². The smallest absolute Gasteiger partial charge is 0.0677 e. The molecule has 0 bridgehead atoms. The number of aryl methyl sites for hydroxylation is 2. The normalized spacial score (nSPS) is 10.7. The minimum atomic E-state index is 0.542. The zero-order valence-corrected chi connectivity index (χ0v) is 9.77. The maximum atomic E-state index is 5.66. The van der Waals surface area contributed by atoms with Crippen LogP contribution in [0.1, 0.15) is 23.7 Å². The lowest BCUT2D eigenvalue weighted by atomic mass is 10.1. The van der Waals surface area contributed by atoms with E-state index in [4.69, 9.17) is 5.73 Å². The van der Waals surface area contributed by atoms with Crippen LogP contribution in [0.5, 0.6) is 0 Å². The lowest BCUT2D eigenvalue weighted by Crippen LogP contribution is -1.99. The Kier molecular flexibility index (Phi) is 3.06. The summed E-state index contributed by atoms with van der Waals surface area (Å²) < 4.78 is 1.93. The van der Waals surface area contributed by atoms with Crippen molar-refractivity contribution >= 4 is 0 Å². The summed E-state index contributed by atoms with van der Waals surface area (Å²) in [6, 6.07) is 8.32. The number of aromatic nitrogens is 2. The lowest BCUT2D eigenvalue weighted by Gasteiger charge is -2.06. The summed E-state index contributed by atoms with van der Waals surface area (Å²) in [5, 5.41) is 4.50. The lowest BCUT2D eigenvalue weighted by molar-refractivity contribution is 0.847. The van der Waals surface area contributed by atoms with Gasteiger partial charge in [-0.25, -0.2) is 4.68 Å². The number of para-hydroxylation sites is 1. The third-order valence-corrected chi connectivity index (χ3v) is 2.84. The molecule has 3 heteroatoms. The van der Waals surface area contributed by atoms with Crippen LogP contribution in [-0.4, -0.2) is 9.78 Å². The van der Waals surface area contributed by atoms with Gasteiger partial charge in [0.25, 0.3) is 0 Å². The topological polar surface area (TPSA) is 43.8 Å². The van der Waals surface area contributed by atoms with Crippen molar-refractivity contribution < 1.29 is 0 Å². The molecule has 2 rings (SSSR count). The van der Waals surface area contributed by atoms with Gasteiger partial charge in [-0.15, -0.1) is 0 Å². The molecular formula is C13H17N3. The molecule has 0 unspecified atom stereocenters. The summed E-state index contributed by atoms with van der Waals surface area (Å²) in [6.45, 7) is 4.69. The number of nitrogens with two attached hydrogens (primary N) is 1. The summed E-state index contributed by atoms with van der Waals surface area (Å²) in [7, 11) is 0. The quantitative estimate of drug-likeness (QED) is 0.853. The predicted molar refractivity (Wildman–Crippen MR) is 65.6 cm³/mol. The Bertz CT molecular complexity index is 486. The van der Waals surface area contributed by atoms with E-state index in [2.05, 4.69) is 30.2 Å². The Morgan fingerprint density at radius 3 is 2.62 bits per heavy atom. The van der Waals surface area contributed by atoms with Gasteiger partial charge < -0.3 is 5.73 Å². The third-order valence-electron chi connectivity index (χ3n) is 2.84. The van der Waals surface area contributed by atoms with Crippen LogP contribution in [0, 0.1) is 6.92 Å². The maximum Gasteiger partial charge on any atom is 0.0677 e. The van der Waals surface area contributed by atoms with Gasteiger partial charge in [0.2, 0.25) is 0 Å². The van der Waals surface area contributed by atoms with E-state index >= 15 is 0 Å². The van der Waals surface area contributed by atoms with Gasteiger partial charge in [0.1, 0.15) is 0 Å². The Morgan fingerprint density at radius 2 is 2.00 bits per heavy atom. The van der Waals surface area contributed by atoms with Crippen LogP contribution in [0.25, 0.3) is 5.69 Å². The van der Waals surface area contributed by atoms with E-state index in [0.717, 1.165) is 23.4 Å². The minimum absolute atomic E-state index is 0.542. The summed E-state index contributed by atoms with van der Waals surface area (Å²) in [6.07, 6.45) is 3.02. The van der Waals surface area contributed by atoms with Crippen molar-refractivity contribution in [1.29, 1.82) is 0 Å². The van der Waals surface area contributed by atoms with Crippen molar-refractivity contribution in [3.63, 3.8) is 0 Å². The van der Waals surface area contributed by atoms with E-state index in [0.29, 0.717) is 6.54 Å². The van der Waals surface area contributed by atoms with Crippen LogP contribution in [0.3, 0.4) is 0 Å². The van der Waals surface area contributed by atoms with Crippen LogP contribution in [0.2, 0.25) is 0 Å². The molecule has 0 aliphatic heterocycles. The summed E-state index contributed by atoms with van der Waals surface area (Å²) >= 11 is 0. The molecule has 0 aliphatic carbocycles. The maximum absolute atomic E-state index is 5.66. The van der Waals surface area contributed by atoms with Gasteiger partial charge in [-0.3, -0.25) is 0 Å². The Balaban J connectivity index is 2.49. The number of hydrogen-bond acceptors (Lipinski definition) is 2. The fourth-order valence-corrected chi connectivity index (χ4v) is 1.85. The Morgan fingerprint density at radius 1 is 1.25 bits per heavy atom. The molecule has 0 radical (unpaired) electrons. The highest BCUT2D eigenvalue weighted by atomic mass is 15.3. The molecule has 0 aliphatic rings. The van der Waals surface area contributed by atoms with Crippen LogP contribution in [0.15, 0.2) is 30.5 Å². The van der Waals surface area contributed by atoms with Gasteiger partial charge in [0.15, 0.2) is 0 Å². The molecule has 0 saturated carbocycles. The van der Waals surface area contributed by atoms with Crippen LogP contribution in [-0.2, 0) is 13.0 Å². The van der Waals surface area contributed by atoms with Gasteiger partial charge in [-0.1, -0.05) is 25.1 Å². The number of benzene rings is 1. The molecule has 0 fully saturated rings. The number of nitrogens with zero attached hydrogens (tertiary/aromatic N) is 2. The number of hydrogen-bond donors (Lipinski definition) is 1. The van der Waals surface area contributed by atoms with Gasteiger partial charge in [0, 0.05) is 18.3 Å². The molecule has 0 atom stereocenters. The first-order valence-electron chi connectivity index (χ1n) is 5.59. The fourth-order valence-electron chi connectivity index (χ4n) is 1.85. The Hall–Kier alpha value is -1.61. The average Bonchev–Trinajstić information content (AvgIpc) is 2.70. The van der Waals surface area contributed by atoms with Gasteiger partial charge in [-0.2, -0.15) is 5.10 Å². The standard InChI is InChI=1S/C13H17N3/c1-3-11-6-4-5-7-13(11)16-9-12(8-14)10(2)15-16/h4-7,9H,3,8,14H2,1-2H3. The van der Waals surface area contributed by atoms with Crippen molar-refractivity contribution in [2.75, 3.05) is 0 Å². The molecule has 0 spiro atoms. The van der Waals surface area contributed by atoms with Crippen LogP contribution >= 0.6 is 0 Å². The highest BCUT2D eigenvalue weighted by Crippen LogP contribution is 2.16. The second-order valence-electron chi connectivity index (χ2n) is 3.87. The zero-order chi connectivity index (χ0) is 11.5. The van der Waals surface area contributed by atoms with Crippen LogP contribution in [0.4, 0.5) is 0 Å². The van der Waals surface area contributed by atoms with E-state index < -0.39 is 0 Å².